The first-order valence-electron chi connectivity index (χ1n) is 7.87. The van der Waals surface area contributed by atoms with E-state index in [-0.39, 0.29) is 5.82 Å². The molecule has 0 amide bonds. The van der Waals surface area contributed by atoms with Gasteiger partial charge in [0.05, 0.1) is 20.7 Å². The van der Waals surface area contributed by atoms with Crippen LogP contribution in [0.15, 0.2) is 60.7 Å². The maximum Gasteiger partial charge on any atom is 0.416 e. The standard InChI is InChI=1S/C20H13F4NS/c1-25(13-10-8-12(9-11-13)20(22,23)24)17-7-3-5-15-14-4-2-6-16(21)18(14)26-19(15)17/h2-11H,1H3. The van der Waals surface area contributed by atoms with E-state index in [1.165, 1.54) is 29.5 Å². The van der Waals surface area contributed by atoms with E-state index in [4.69, 9.17) is 0 Å². The molecule has 26 heavy (non-hydrogen) atoms. The average Bonchev–Trinajstić information content (AvgIpc) is 3.01. The van der Waals surface area contributed by atoms with E-state index in [1.807, 2.05) is 29.2 Å². The Bertz CT molecular complexity index is 1100. The second kappa shape index (κ2) is 5.99. The van der Waals surface area contributed by atoms with Gasteiger partial charge in [-0.3, -0.25) is 0 Å². The molecule has 1 heterocycles. The van der Waals surface area contributed by atoms with E-state index in [1.54, 1.807) is 13.1 Å². The van der Waals surface area contributed by atoms with Crippen molar-refractivity contribution in [2.75, 3.05) is 11.9 Å². The van der Waals surface area contributed by atoms with Gasteiger partial charge in [-0.25, -0.2) is 4.39 Å². The summed E-state index contributed by atoms with van der Waals surface area (Å²) in [5, 5.41) is 1.77. The van der Waals surface area contributed by atoms with Crippen molar-refractivity contribution in [3.05, 3.63) is 72.0 Å². The second-order valence-electron chi connectivity index (χ2n) is 5.98. The van der Waals surface area contributed by atoms with E-state index in [9.17, 15) is 17.6 Å². The van der Waals surface area contributed by atoms with E-state index >= 15 is 0 Å². The molecular formula is C20H13F4NS. The number of anilines is 2. The lowest BCUT2D eigenvalue weighted by molar-refractivity contribution is -0.137. The Morgan fingerprint density at radius 3 is 2.08 bits per heavy atom. The quantitative estimate of drug-likeness (QED) is 0.342. The third kappa shape index (κ3) is 2.70. The van der Waals surface area contributed by atoms with E-state index in [0.717, 1.165) is 33.3 Å². The van der Waals surface area contributed by atoms with Gasteiger partial charge < -0.3 is 4.90 Å². The molecule has 4 aromatic rings. The van der Waals surface area contributed by atoms with Gasteiger partial charge in [0.1, 0.15) is 5.82 Å². The van der Waals surface area contributed by atoms with Crippen molar-refractivity contribution >= 4 is 42.9 Å². The monoisotopic (exact) mass is 375 g/mol. The number of alkyl halides is 3. The summed E-state index contributed by atoms with van der Waals surface area (Å²) in [6.07, 6.45) is -4.36. The number of halogens is 4. The third-order valence-electron chi connectivity index (χ3n) is 4.40. The van der Waals surface area contributed by atoms with Crippen LogP contribution in [0.3, 0.4) is 0 Å². The molecule has 1 nitrogen and oxygen atoms in total. The van der Waals surface area contributed by atoms with Gasteiger partial charge in [-0.2, -0.15) is 13.2 Å². The van der Waals surface area contributed by atoms with Crippen molar-refractivity contribution in [1.82, 2.24) is 0 Å². The van der Waals surface area contributed by atoms with E-state index in [2.05, 4.69) is 0 Å². The molecule has 0 atom stereocenters. The van der Waals surface area contributed by atoms with Gasteiger partial charge in [0.15, 0.2) is 0 Å². The van der Waals surface area contributed by atoms with Gasteiger partial charge >= 0.3 is 6.18 Å². The predicted molar refractivity (Wildman–Crippen MR) is 98.8 cm³/mol. The van der Waals surface area contributed by atoms with Gasteiger partial charge in [-0.15, -0.1) is 11.3 Å². The lowest BCUT2D eigenvalue weighted by atomic mass is 10.1. The fourth-order valence-corrected chi connectivity index (χ4v) is 4.30. The molecule has 0 saturated heterocycles. The molecular weight excluding hydrogens is 362 g/mol. The van der Waals surface area contributed by atoms with Crippen LogP contribution < -0.4 is 4.90 Å². The highest BCUT2D eigenvalue weighted by atomic mass is 32.1. The van der Waals surface area contributed by atoms with Crippen LogP contribution in [0.2, 0.25) is 0 Å². The van der Waals surface area contributed by atoms with Crippen LogP contribution in [0.25, 0.3) is 20.2 Å². The van der Waals surface area contributed by atoms with Crippen LogP contribution in [0.5, 0.6) is 0 Å². The fourth-order valence-electron chi connectivity index (χ4n) is 3.05. The number of benzene rings is 3. The minimum Gasteiger partial charge on any atom is -0.343 e. The van der Waals surface area contributed by atoms with Crippen molar-refractivity contribution in [3.8, 4) is 0 Å². The Labute approximate surface area is 151 Å². The Balaban J connectivity index is 1.83. The number of rotatable bonds is 2. The molecule has 0 unspecified atom stereocenters. The molecule has 0 radical (unpaired) electrons. The highest BCUT2D eigenvalue weighted by Gasteiger charge is 2.30. The van der Waals surface area contributed by atoms with Crippen LogP contribution in [-0.4, -0.2) is 7.05 Å². The van der Waals surface area contributed by atoms with Crippen molar-refractivity contribution in [2.24, 2.45) is 0 Å². The highest BCUT2D eigenvalue weighted by Crippen LogP contribution is 2.42. The van der Waals surface area contributed by atoms with Gasteiger partial charge in [0.25, 0.3) is 0 Å². The Morgan fingerprint density at radius 1 is 0.808 bits per heavy atom. The molecule has 0 aliphatic carbocycles. The Hall–Kier alpha value is -2.60. The van der Waals surface area contributed by atoms with Crippen molar-refractivity contribution in [1.29, 1.82) is 0 Å². The van der Waals surface area contributed by atoms with Crippen LogP contribution in [0.4, 0.5) is 28.9 Å². The molecule has 4 rings (SSSR count). The molecule has 132 valence electrons. The summed E-state index contributed by atoms with van der Waals surface area (Å²) in [5.74, 6) is -0.271. The first-order valence-corrected chi connectivity index (χ1v) is 8.68. The zero-order chi connectivity index (χ0) is 18.5. The number of hydrogen-bond donors (Lipinski definition) is 0. The summed E-state index contributed by atoms with van der Waals surface area (Å²) < 4.78 is 53.9. The first kappa shape index (κ1) is 16.8. The van der Waals surface area contributed by atoms with Crippen molar-refractivity contribution in [2.45, 2.75) is 6.18 Å². The van der Waals surface area contributed by atoms with Crippen molar-refractivity contribution < 1.29 is 17.6 Å². The lowest BCUT2D eigenvalue weighted by Gasteiger charge is -2.21. The van der Waals surface area contributed by atoms with Gasteiger partial charge in [-0.1, -0.05) is 24.3 Å². The molecule has 6 heteroatoms. The molecule has 0 aliphatic rings. The van der Waals surface area contributed by atoms with Crippen LogP contribution >= 0.6 is 11.3 Å². The predicted octanol–water partition coefficient (Wildman–Crippen LogP) is 6.98. The normalized spacial score (nSPS) is 12.0. The molecule has 0 spiro atoms. The third-order valence-corrected chi connectivity index (χ3v) is 5.65. The molecule has 0 N–H and O–H groups in total. The molecule has 0 aliphatic heterocycles. The van der Waals surface area contributed by atoms with Crippen molar-refractivity contribution in [3.63, 3.8) is 0 Å². The van der Waals surface area contributed by atoms with Gasteiger partial charge in [0, 0.05) is 23.5 Å². The van der Waals surface area contributed by atoms with Crippen LogP contribution in [-0.2, 0) is 6.18 Å². The Morgan fingerprint density at radius 2 is 1.42 bits per heavy atom. The number of nitrogens with zero attached hydrogens (tertiary/aromatic N) is 1. The molecule has 1 aromatic heterocycles. The van der Waals surface area contributed by atoms with Crippen LogP contribution in [0.1, 0.15) is 5.56 Å². The number of fused-ring (bicyclic) bond motifs is 3. The fraction of sp³-hybridized carbons (Fsp3) is 0.100. The summed E-state index contributed by atoms with van der Waals surface area (Å²) in [5.41, 5.74) is 0.767. The molecule has 0 bridgehead atoms. The van der Waals surface area contributed by atoms with Crippen LogP contribution in [0, 0.1) is 5.82 Å². The zero-order valence-electron chi connectivity index (χ0n) is 13.6. The first-order chi connectivity index (χ1) is 12.4. The summed E-state index contributed by atoms with van der Waals surface area (Å²) in [6.45, 7) is 0. The SMILES string of the molecule is CN(c1ccc(C(F)(F)F)cc1)c1cccc2c1sc1c(F)cccc12. The Kier molecular flexibility index (Phi) is 3.88. The van der Waals surface area contributed by atoms with E-state index in [0.29, 0.717) is 10.4 Å². The average molecular weight is 375 g/mol. The topological polar surface area (TPSA) is 3.24 Å². The number of hydrogen-bond acceptors (Lipinski definition) is 2. The summed E-state index contributed by atoms with van der Waals surface area (Å²) in [7, 11) is 1.79. The second-order valence-corrected chi connectivity index (χ2v) is 7.00. The summed E-state index contributed by atoms with van der Waals surface area (Å²) in [6, 6.07) is 15.7. The van der Waals surface area contributed by atoms with Gasteiger partial charge in [-0.05, 0) is 36.4 Å². The largest absolute Gasteiger partial charge is 0.416 e. The number of thiophene rings is 1. The van der Waals surface area contributed by atoms with E-state index < -0.39 is 11.7 Å². The highest BCUT2D eigenvalue weighted by molar-refractivity contribution is 7.26. The minimum atomic E-state index is -4.36. The molecule has 0 fully saturated rings. The summed E-state index contributed by atoms with van der Waals surface area (Å²) >= 11 is 1.35. The lowest BCUT2D eigenvalue weighted by Crippen LogP contribution is -2.10. The maximum absolute atomic E-state index is 14.1. The summed E-state index contributed by atoms with van der Waals surface area (Å²) in [4.78, 5) is 1.82. The van der Waals surface area contributed by atoms with Gasteiger partial charge in [0.2, 0.25) is 0 Å². The smallest absolute Gasteiger partial charge is 0.343 e. The maximum atomic E-state index is 14.1. The molecule has 3 aromatic carbocycles. The minimum absolute atomic E-state index is 0.271. The molecule has 0 saturated carbocycles. The zero-order valence-corrected chi connectivity index (χ0v) is 14.5.